The molecule has 1 rings (SSSR count). The van der Waals surface area contributed by atoms with Crippen LogP contribution in [-0.2, 0) is 4.79 Å². The van der Waals surface area contributed by atoms with Gasteiger partial charge >= 0.3 is 5.97 Å². The van der Waals surface area contributed by atoms with Crippen molar-refractivity contribution in [1.29, 1.82) is 0 Å². The van der Waals surface area contributed by atoms with Gasteiger partial charge in [0.1, 0.15) is 5.75 Å². The van der Waals surface area contributed by atoms with E-state index in [4.69, 9.17) is 21.4 Å². The van der Waals surface area contributed by atoms with Gasteiger partial charge in [-0.1, -0.05) is 41.4 Å². The van der Waals surface area contributed by atoms with Crippen LogP contribution < -0.4 is 4.74 Å². The second kappa shape index (κ2) is 7.09. The maximum atomic E-state index is 12.5. The van der Waals surface area contributed by atoms with Crippen LogP contribution in [-0.4, -0.2) is 27.8 Å². The molecular formula is C14H16BrClO4. The molecule has 0 aliphatic carbocycles. The minimum atomic E-state index is -1.07. The number of benzene rings is 1. The largest absolute Gasteiger partial charge is 0.482 e. The molecule has 0 aromatic heterocycles. The summed E-state index contributed by atoms with van der Waals surface area (Å²) >= 11 is 9.56. The molecule has 0 radical (unpaired) electrons. The Kier molecular flexibility index (Phi) is 6.02. The van der Waals surface area contributed by atoms with Crippen molar-refractivity contribution in [3.8, 4) is 5.75 Å². The summed E-state index contributed by atoms with van der Waals surface area (Å²) in [6.45, 7) is 3.40. The molecule has 0 atom stereocenters. The molecular weight excluding hydrogens is 348 g/mol. The molecule has 6 heteroatoms. The van der Waals surface area contributed by atoms with Gasteiger partial charge in [0.15, 0.2) is 12.4 Å². The molecule has 0 saturated heterocycles. The number of hydrogen-bond donors (Lipinski definition) is 1. The number of carboxylic acids is 1. The zero-order chi connectivity index (χ0) is 15.3. The van der Waals surface area contributed by atoms with Crippen LogP contribution in [0.2, 0.25) is 5.02 Å². The number of carbonyl (C=O) groups is 2. The Morgan fingerprint density at radius 2 is 1.95 bits per heavy atom. The molecule has 1 aromatic rings. The first-order valence-corrected chi connectivity index (χ1v) is 7.39. The van der Waals surface area contributed by atoms with Crippen molar-refractivity contribution in [1.82, 2.24) is 0 Å². The number of ketones is 1. The van der Waals surface area contributed by atoms with Crippen molar-refractivity contribution in [3.05, 3.63) is 28.8 Å². The van der Waals surface area contributed by atoms with Crippen molar-refractivity contribution in [2.75, 3.05) is 6.61 Å². The van der Waals surface area contributed by atoms with Crippen molar-refractivity contribution >= 4 is 39.3 Å². The molecule has 0 aliphatic heterocycles. The normalized spacial score (nSPS) is 11.2. The molecule has 1 N–H and O–H groups in total. The van der Waals surface area contributed by atoms with Crippen LogP contribution >= 0.6 is 27.5 Å². The first-order chi connectivity index (χ1) is 9.34. The summed E-state index contributed by atoms with van der Waals surface area (Å²) in [5.74, 6) is -0.836. The molecule has 0 spiro atoms. The van der Waals surface area contributed by atoms with E-state index in [0.29, 0.717) is 24.2 Å². The average molecular weight is 364 g/mol. The van der Waals surface area contributed by atoms with Gasteiger partial charge in [0.25, 0.3) is 0 Å². The molecule has 0 amide bonds. The minimum Gasteiger partial charge on any atom is -0.482 e. The van der Waals surface area contributed by atoms with E-state index in [1.807, 2.05) is 13.8 Å². The third kappa shape index (κ3) is 3.96. The SMILES string of the molecule is CCC(Br)(CC)C(=O)c1ccc(OCC(=O)O)cc1Cl. The minimum absolute atomic E-state index is 0.0858. The molecule has 0 aliphatic rings. The lowest BCUT2D eigenvalue weighted by Gasteiger charge is -2.23. The van der Waals surface area contributed by atoms with Crippen LogP contribution in [0.25, 0.3) is 0 Å². The molecule has 20 heavy (non-hydrogen) atoms. The Bertz CT molecular complexity index is 512. The molecule has 0 saturated carbocycles. The lowest BCUT2D eigenvalue weighted by atomic mass is 9.92. The molecule has 0 heterocycles. The van der Waals surface area contributed by atoms with Gasteiger partial charge in [-0.25, -0.2) is 4.79 Å². The highest BCUT2D eigenvalue weighted by molar-refractivity contribution is 9.10. The van der Waals surface area contributed by atoms with Crippen LogP contribution in [0.15, 0.2) is 18.2 Å². The smallest absolute Gasteiger partial charge is 0.341 e. The molecule has 0 fully saturated rings. The van der Waals surface area contributed by atoms with E-state index >= 15 is 0 Å². The van der Waals surface area contributed by atoms with Gasteiger partial charge in [-0.3, -0.25) is 4.79 Å². The van der Waals surface area contributed by atoms with E-state index in [2.05, 4.69) is 15.9 Å². The highest BCUT2D eigenvalue weighted by atomic mass is 79.9. The van der Waals surface area contributed by atoms with Gasteiger partial charge in [0, 0.05) is 5.56 Å². The van der Waals surface area contributed by atoms with Gasteiger partial charge in [0.2, 0.25) is 0 Å². The van der Waals surface area contributed by atoms with Crippen molar-refractivity contribution in [3.63, 3.8) is 0 Å². The first-order valence-electron chi connectivity index (χ1n) is 6.22. The summed E-state index contributed by atoms with van der Waals surface area (Å²) in [6.07, 6.45) is 1.30. The number of hydrogen-bond acceptors (Lipinski definition) is 3. The number of alkyl halides is 1. The molecule has 110 valence electrons. The van der Waals surface area contributed by atoms with Crippen molar-refractivity contribution in [2.24, 2.45) is 0 Å². The van der Waals surface area contributed by atoms with E-state index in [0.717, 1.165) is 0 Å². The zero-order valence-corrected chi connectivity index (χ0v) is 13.6. The fraction of sp³-hybridized carbons (Fsp3) is 0.429. The summed E-state index contributed by atoms with van der Waals surface area (Å²) in [4.78, 5) is 22.9. The summed E-state index contributed by atoms with van der Waals surface area (Å²) in [7, 11) is 0. The summed E-state index contributed by atoms with van der Waals surface area (Å²) < 4.78 is 4.39. The fourth-order valence-electron chi connectivity index (χ4n) is 1.73. The van der Waals surface area contributed by atoms with E-state index in [1.165, 1.54) is 6.07 Å². The van der Waals surface area contributed by atoms with Crippen LogP contribution in [0.5, 0.6) is 5.75 Å². The number of carbonyl (C=O) groups excluding carboxylic acids is 1. The highest BCUT2D eigenvalue weighted by Gasteiger charge is 2.33. The third-order valence-corrected chi connectivity index (χ3v) is 4.87. The van der Waals surface area contributed by atoms with E-state index in [9.17, 15) is 9.59 Å². The maximum absolute atomic E-state index is 12.5. The first kappa shape index (κ1) is 17.0. The Morgan fingerprint density at radius 3 is 2.40 bits per heavy atom. The van der Waals surface area contributed by atoms with E-state index < -0.39 is 16.9 Å². The number of ether oxygens (including phenoxy) is 1. The predicted molar refractivity (Wildman–Crippen MR) is 81.2 cm³/mol. The lowest BCUT2D eigenvalue weighted by Crippen LogP contribution is -2.30. The Morgan fingerprint density at radius 1 is 1.35 bits per heavy atom. The van der Waals surface area contributed by atoms with Crippen LogP contribution in [0.4, 0.5) is 0 Å². The lowest BCUT2D eigenvalue weighted by molar-refractivity contribution is -0.139. The number of Topliss-reactive ketones (excluding diaryl/α,β-unsaturated/α-hetero) is 1. The predicted octanol–water partition coefficient (Wildman–Crippen LogP) is 3.94. The number of halogens is 2. The maximum Gasteiger partial charge on any atom is 0.341 e. The third-order valence-electron chi connectivity index (χ3n) is 3.08. The summed E-state index contributed by atoms with van der Waals surface area (Å²) in [5, 5.41) is 8.79. The quantitative estimate of drug-likeness (QED) is 0.589. The summed E-state index contributed by atoms with van der Waals surface area (Å²) in [6, 6.07) is 4.56. The number of rotatable bonds is 7. The fourth-order valence-corrected chi connectivity index (χ4v) is 2.20. The standard InChI is InChI=1S/C14H16BrClO4/c1-3-14(15,4-2)13(19)10-6-5-9(7-11(10)16)20-8-12(17)18/h5-7H,3-4,8H2,1-2H3,(H,17,18). The Balaban J connectivity index is 2.98. The number of aliphatic carboxylic acids is 1. The topological polar surface area (TPSA) is 63.6 Å². The van der Waals surface area contributed by atoms with E-state index in [-0.39, 0.29) is 10.8 Å². The molecule has 1 aromatic carbocycles. The number of carboxylic acid groups (broad SMARTS) is 1. The van der Waals surface area contributed by atoms with Crippen LogP contribution in [0, 0.1) is 0 Å². The monoisotopic (exact) mass is 362 g/mol. The van der Waals surface area contributed by atoms with Gasteiger partial charge in [0.05, 0.1) is 9.35 Å². The van der Waals surface area contributed by atoms with Crippen molar-refractivity contribution in [2.45, 2.75) is 31.0 Å². The Labute approximate surface area is 131 Å². The molecule has 4 nitrogen and oxygen atoms in total. The van der Waals surface area contributed by atoms with Crippen LogP contribution in [0.3, 0.4) is 0 Å². The molecule has 0 unspecified atom stereocenters. The Hall–Kier alpha value is -1.07. The molecule has 0 bridgehead atoms. The van der Waals surface area contributed by atoms with Crippen LogP contribution in [0.1, 0.15) is 37.0 Å². The zero-order valence-electron chi connectivity index (χ0n) is 11.3. The average Bonchev–Trinajstić information content (AvgIpc) is 2.43. The van der Waals surface area contributed by atoms with E-state index in [1.54, 1.807) is 12.1 Å². The van der Waals surface area contributed by atoms with Gasteiger partial charge in [-0.2, -0.15) is 0 Å². The van der Waals surface area contributed by atoms with Crippen molar-refractivity contribution < 1.29 is 19.4 Å². The van der Waals surface area contributed by atoms with Gasteiger partial charge < -0.3 is 9.84 Å². The van der Waals surface area contributed by atoms with Gasteiger partial charge in [-0.05, 0) is 31.0 Å². The second-order valence-electron chi connectivity index (χ2n) is 4.33. The van der Waals surface area contributed by atoms with Gasteiger partial charge in [-0.15, -0.1) is 0 Å². The summed E-state index contributed by atoms with van der Waals surface area (Å²) in [5.41, 5.74) is 0.398. The second-order valence-corrected chi connectivity index (χ2v) is 6.25. The highest BCUT2D eigenvalue weighted by Crippen LogP contribution is 2.34.